The van der Waals surface area contributed by atoms with Crippen LogP contribution in [0.25, 0.3) is 0 Å². The Kier molecular flexibility index (Phi) is 4.83. The smallest absolute Gasteiger partial charge is 0.249 e. The molecule has 0 aliphatic carbocycles. The van der Waals surface area contributed by atoms with Gasteiger partial charge in [-0.05, 0) is 37.6 Å². The Morgan fingerprint density at radius 3 is 2.42 bits per heavy atom. The van der Waals surface area contributed by atoms with E-state index in [0.29, 0.717) is 27.5 Å². The van der Waals surface area contributed by atoms with Crippen LogP contribution >= 0.6 is 23.2 Å². The quantitative estimate of drug-likeness (QED) is 0.663. The summed E-state index contributed by atoms with van der Waals surface area (Å²) in [7, 11) is 0. The van der Waals surface area contributed by atoms with Gasteiger partial charge in [0.15, 0.2) is 5.82 Å². The third kappa shape index (κ3) is 3.75. The van der Waals surface area contributed by atoms with Gasteiger partial charge in [0.2, 0.25) is 5.95 Å². The van der Waals surface area contributed by atoms with Gasteiger partial charge in [0, 0.05) is 5.69 Å². The van der Waals surface area contributed by atoms with E-state index in [-0.39, 0.29) is 0 Å². The van der Waals surface area contributed by atoms with Crippen LogP contribution in [0.4, 0.5) is 23.1 Å². The summed E-state index contributed by atoms with van der Waals surface area (Å²) < 4.78 is 0. The highest BCUT2D eigenvalue weighted by Gasteiger charge is 2.09. The summed E-state index contributed by atoms with van der Waals surface area (Å²) in [6.07, 6.45) is 1.55. The van der Waals surface area contributed by atoms with Gasteiger partial charge in [0.1, 0.15) is 0 Å². The largest absolute Gasteiger partial charge is 0.339 e. The van der Waals surface area contributed by atoms with Gasteiger partial charge < -0.3 is 10.6 Å². The Hall–Kier alpha value is -2.37. The van der Waals surface area contributed by atoms with E-state index < -0.39 is 0 Å². The minimum Gasteiger partial charge on any atom is -0.339 e. The highest BCUT2D eigenvalue weighted by Crippen LogP contribution is 2.31. The molecule has 0 aliphatic rings. The number of aromatic nitrogens is 3. The molecule has 0 radical (unpaired) electrons. The van der Waals surface area contributed by atoms with E-state index in [1.807, 2.05) is 19.1 Å². The maximum Gasteiger partial charge on any atom is 0.249 e. The standard InChI is InChI=1S/C17H15Cl2N5/c1-10-6-7-14(11(2)8-10)21-15-9-20-24-17(22-15)23-16-12(18)4-3-5-13(16)19/h3-9H,1-2H3,(H2,21,22,23,24). The second kappa shape index (κ2) is 7.03. The number of hydrogen-bond acceptors (Lipinski definition) is 5. The number of halogens is 2. The maximum atomic E-state index is 6.15. The second-order valence-corrected chi connectivity index (χ2v) is 6.14. The maximum absolute atomic E-state index is 6.15. The van der Waals surface area contributed by atoms with E-state index in [1.54, 1.807) is 24.4 Å². The molecule has 0 amide bonds. The lowest BCUT2D eigenvalue weighted by molar-refractivity contribution is 0.982. The van der Waals surface area contributed by atoms with Crippen molar-refractivity contribution in [2.24, 2.45) is 0 Å². The molecule has 1 heterocycles. The normalized spacial score (nSPS) is 10.5. The molecule has 0 aliphatic heterocycles. The molecule has 3 rings (SSSR count). The fraction of sp³-hybridized carbons (Fsp3) is 0.118. The van der Waals surface area contributed by atoms with Crippen molar-refractivity contribution in [3.05, 3.63) is 63.8 Å². The van der Waals surface area contributed by atoms with Crippen LogP contribution in [-0.2, 0) is 0 Å². The molecule has 1 aromatic heterocycles. The topological polar surface area (TPSA) is 62.7 Å². The van der Waals surface area contributed by atoms with Crippen molar-refractivity contribution in [1.29, 1.82) is 0 Å². The van der Waals surface area contributed by atoms with Gasteiger partial charge in [-0.25, -0.2) is 0 Å². The Morgan fingerprint density at radius 2 is 1.71 bits per heavy atom. The molecule has 5 nitrogen and oxygen atoms in total. The molecular formula is C17H15Cl2N5. The predicted octanol–water partition coefficient (Wildman–Crippen LogP) is 5.28. The van der Waals surface area contributed by atoms with Crippen molar-refractivity contribution in [3.8, 4) is 0 Å². The van der Waals surface area contributed by atoms with Crippen LogP contribution in [0.15, 0.2) is 42.6 Å². The molecule has 0 fully saturated rings. The third-order valence-corrected chi connectivity index (χ3v) is 4.03. The lowest BCUT2D eigenvalue weighted by atomic mass is 10.1. The van der Waals surface area contributed by atoms with Gasteiger partial charge in [-0.1, -0.05) is 47.0 Å². The van der Waals surface area contributed by atoms with Crippen molar-refractivity contribution in [1.82, 2.24) is 15.2 Å². The molecule has 0 atom stereocenters. The number of anilines is 4. The molecule has 7 heteroatoms. The van der Waals surface area contributed by atoms with Gasteiger partial charge in [0.05, 0.1) is 21.9 Å². The molecule has 0 spiro atoms. The molecule has 0 unspecified atom stereocenters. The molecule has 2 aromatic carbocycles. The van der Waals surface area contributed by atoms with Crippen LogP contribution in [0.1, 0.15) is 11.1 Å². The van der Waals surface area contributed by atoms with Crippen LogP contribution in [0, 0.1) is 13.8 Å². The highest BCUT2D eigenvalue weighted by atomic mass is 35.5. The summed E-state index contributed by atoms with van der Waals surface area (Å²) in [6, 6.07) is 11.4. The summed E-state index contributed by atoms with van der Waals surface area (Å²) in [5.74, 6) is 0.877. The van der Waals surface area contributed by atoms with Crippen molar-refractivity contribution in [2.45, 2.75) is 13.8 Å². The van der Waals surface area contributed by atoms with E-state index in [4.69, 9.17) is 23.2 Å². The Bertz CT molecular complexity index is 862. The number of rotatable bonds is 4. The molecule has 3 aromatic rings. The number of nitrogens with one attached hydrogen (secondary N) is 2. The van der Waals surface area contributed by atoms with Gasteiger partial charge >= 0.3 is 0 Å². The summed E-state index contributed by atoms with van der Waals surface area (Å²) in [4.78, 5) is 4.40. The van der Waals surface area contributed by atoms with Gasteiger partial charge in [-0.15, -0.1) is 5.10 Å². The van der Waals surface area contributed by atoms with Crippen LogP contribution in [-0.4, -0.2) is 15.2 Å². The number of nitrogens with zero attached hydrogens (tertiary/aromatic N) is 3. The Balaban J connectivity index is 1.84. The van der Waals surface area contributed by atoms with E-state index in [0.717, 1.165) is 11.3 Å². The van der Waals surface area contributed by atoms with Gasteiger partial charge in [-0.2, -0.15) is 10.1 Å². The minimum absolute atomic E-state index is 0.305. The lowest BCUT2D eigenvalue weighted by Crippen LogP contribution is -2.03. The van der Waals surface area contributed by atoms with E-state index in [9.17, 15) is 0 Å². The van der Waals surface area contributed by atoms with Crippen molar-refractivity contribution >= 4 is 46.3 Å². The summed E-state index contributed by atoms with van der Waals surface area (Å²) in [5, 5.41) is 15.1. The van der Waals surface area contributed by atoms with Crippen LogP contribution in [0.3, 0.4) is 0 Å². The van der Waals surface area contributed by atoms with Crippen LogP contribution < -0.4 is 10.6 Å². The summed E-state index contributed by atoms with van der Waals surface area (Å²) >= 11 is 12.3. The molecule has 122 valence electrons. The molecule has 0 bridgehead atoms. The molecule has 0 saturated carbocycles. The first kappa shape index (κ1) is 16.5. The summed E-state index contributed by atoms with van der Waals surface area (Å²) in [5.41, 5.74) is 3.83. The number of benzene rings is 2. The molecule has 0 saturated heterocycles. The van der Waals surface area contributed by atoms with Gasteiger partial charge in [-0.3, -0.25) is 0 Å². The monoisotopic (exact) mass is 359 g/mol. The van der Waals surface area contributed by atoms with Crippen LogP contribution in [0.5, 0.6) is 0 Å². The minimum atomic E-state index is 0.305. The zero-order valence-corrected chi connectivity index (χ0v) is 14.7. The third-order valence-electron chi connectivity index (χ3n) is 3.40. The van der Waals surface area contributed by atoms with Crippen LogP contribution in [0.2, 0.25) is 10.0 Å². The zero-order valence-electron chi connectivity index (χ0n) is 13.1. The SMILES string of the molecule is Cc1ccc(Nc2cnnc(Nc3c(Cl)cccc3Cl)n2)c(C)c1. The first-order valence-electron chi connectivity index (χ1n) is 7.28. The summed E-state index contributed by atoms with van der Waals surface area (Å²) in [6.45, 7) is 4.09. The fourth-order valence-corrected chi connectivity index (χ4v) is 2.73. The Labute approximate surface area is 150 Å². The number of aryl methyl sites for hydroxylation is 2. The molecule has 2 N–H and O–H groups in total. The molecular weight excluding hydrogens is 345 g/mol. The average Bonchev–Trinajstić information content (AvgIpc) is 2.54. The number of para-hydroxylation sites is 1. The van der Waals surface area contributed by atoms with Gasteiger partial charge in [0.25, 0.3) is 0 Å². The molecule has 24 heavy (non-hydrogen) atoms. The predicted molar refractivity (Wildman–Crippen MR) is 98.8 cm³/mol. The highest BCUT2D eigenvalue weighted by molar-refractivity contribution is 6.39. The lowest BCUT2D eigenvalue weighted by Gasteiger charge is -2.11. The first-order chi connectivity index (χ1) is 11.5. The average molecular weight is 360 g/mol. The zero-order chi connectivity index (χ0) is 17.1. The van der Waals surface area contributed by atoms with E-state index in [2.05, 4.69) is 38.8 Å². The van der Waals surface area contributed by atoms with Crippen molar-refractivity contribution in [3.63, 3.8) is 0 Å². The van der Waals surface area contributed by atoms with E-state index in [1.165, 1.54) is 5.56 Å². The van der Waals surface area contributed by atoms with Crippen molar-refractivity contribution < 1.29 is 0 Å². The van der Waals surface area contributed by atoms with E-state index >= 15 is 0 Å². The fourth-order valence-electron chi connectivity index (χ4n) is 2.24. The Morgan fingerprint density at radius 1 is 0.958 bits per heavy atom. The number of hydrogen-bond donors (Lipinski definition) is 2. The second-order valence-electron chi connectivity index (χ2n) is 5.33. The first-order valence-corrected chi connectivity index (χ1v) is 8.03. The van der Waals surface area contributed by atoms with Crippen molar-refractivity contribution in [2.75, 3.05) is 10.6 Å².